The van der Waals surface area contributed by atoms with Gasteiger partial charge in [-0.3, -0.25) is 4.79 Å². The largest absolute Gasteiger partial charge is 0.493 e. The van der Waals surface area contributed by atoms with Crippen LogP contribution >= 0.6 is 0 Å². The minimum atomic E-state index is 0.0149. The first kappa shape index (κ1) is 22.1. The lowest BCUT2D eigenvalue weighted by Crippen LogP contribution is -2.08. The van der Waals surface area contributed by atoms with Crippen molar-refractivity contribution in [2.75, 3.05) is 26.1 Å². The minimum Gasteiger partial charge on any atom is -0.493 e. The molecule has 0 bridgehead atoms. The zero-order valence-electron chi connectivity index (χ0n) is 18.6. The van der Waals surface area contributed by atoms with Gasteiger partial charge in [0, 0.05) is 24.7 Å². The smallest absolute Gasteiger partial charge is 0.223 e. The van der Waals surface area contributed by atoms with Crippen LogP contribution in [0, 0.1) is 0 Å². The molecule has 0 aliphatic carbocycles. The van der Waals surface area contributed by atoms with Crippen molar-refractivity contribution in [3.8, 4) is 22.8 Å². The number of carbonyl (C=O) groups excluding carboxylic acids is 1. The van der Waals surface area contributed by atoms with Crippen molar-refractivity contribution < 1.29 is 18.7 Å². The van der Waals surface area contributed by atoms with Crippen molar-refractivity contribution in [1.29, 1.82) is 0 Å². The molecule has 0 spiro atoms. The molecule has 33 heavy (non-hydrogen) atoms. The predicted molar refractivity (Wildman–Crippen MR) is 126 cm³/mol. The van der Waals surface area contributed by atoms with Crippen LogP contribution in [0.15, 0.2) is 77.7 Å². The monoisotopic (exact) mass is 443 g/mol. The summed E-state index contributed by atoms with van der Waals surface area (Å²) in [4.78, 5) is 21.3. The fourth-order valence-electron chi connectivity index (χ4n) is 3.51. The molecule has 0 saturated heterocycles. The number of hydrogen-bond donors (Lipinski definition) is 1. The van der Waals surface area contributed by atoms with Crippen LogP contribution in [-0.2, 0) is 12.8 Å². The number of methoxy groups -OCH3 is 2. The van der Waals surface area contributed by atoms with Gasteiger partial charge in [-0.1, -0.05) is 24.3 Å². The normalized spacial score (nSPS) is 10.6. The first-order valence-electron chi connectivity index (χ1n) is 10.6. The molecule has 2 heterocycles. The third kappa shape index (κ3) is 5.57. The maximum Gasteiger partial charge on any atom is 0.223 e. The summed E-state index contributed by atoms with van der Waals surface area (Å²) in [6, 6.07) is 17.2. The number of benzene rings is 2. The Labute approximate surface area is 192 Å². The van der Waals surface area contributed by atoms with Crippen molar-refractivity contribution in [2.45, 2.75) is 12.8 Å². The Bertz CT molecular complexity index is 1220. The summed E-state index contributed by atoms with van der Waals surface area (Å²) in [6.07, 6.45) is 5.78. The molecule has 4 rings (SSSR count). The van der Waals surface area contributed by atoms with Gasteiger partial charge in [-0.2, -0.15) is 0 Å². The molecule has 168 valence electrons. The summed E-state index contributed by atoms with van der Waals surface area (Å²) in [5, 5.41) is 3.28. The molecule has 0 aliphatic rings. The number of Topliss-reactive ketones (excluding diaryl/α,β-unsaturated/α-hetero) is 1. The first-order valence-corrected chi connectivity index (χ1v) is 10.6. The summed E-state index contributed by atoms with van der Waals surface area (Å²) in [7, 11) is 3.25. The third-order valence-electron chi connectivity index (χ3n) is 5.23. The second-order valence-electron chi connectivity index (χ2n) is 7.44. The summed E-state index contributed by atoms with van der Waals surface area (Å²) in [6.45, 7) is 0.665. The molecule has 0 saturated carbocycles. The van der Waals surface area contributed by atoms with E-state index in [-0.39, 0.29) is 5.78 Å². The molecular formula is C26H25N3O4. The van der Waals surface area contributed by atoms with Gasteiger partial charge < -0.3 is 19.2 Å². The highest BCUT2D eigenvalue weighted by Crippen LogP contribution is 2.27. The summed E-state index contributed by atoms with van der Waals surface area (Å²) in [5.74, 6) is 1.98. The molecular weight excluding hydrogens is 418 g/mol. The fourth-order valence-corrected chi connectivity index (χ4v) is 3.51. The van der Waals surface area contributed by atoms with Crippen LogP contribution in [0.5, 0.6) is 11.5 Å². The highest BCUT2D eigenvalue weighted by Gasteiger charge is 2.10. The third-order valence-corrected chi connectivity index (χ3v) is 5.23. The van der Waals surface area contributed by atoms with Crippen molar-refractivity contribution in [3.05, 3.63) is 90.0 Å². The van der Waals surface area contributed by atoms with Crippen molar-refractivity contribution in [2.24, 2.45) is 0 Å². The lowest BCUT2D eigenvalue weighted by Gasteiger charge is -2.10. The molecule has 7 heteroatoms. The van der Waals surface area contributed by atoms with E-state index < -0.39 is 0 Å². The topological polar surface area (TPSA) is 86.5 Å². The Morgan fingerprint density at radius 2 is 1.88 bits per heavy atom. The number of furan rings is 1. The minimum absolute atomic E-state index is 0.0149. The average molecular weight is 444 g/mol. The van der Waals surface area contributed by atoms with Crippen LogP contribution in [0.2, 0.25) is 0 Å². The van der Waals surface area contributed by atoms with E-state index in [1.165, 1.54) is 12.5 Å². The Balaban J connectivity index is 1.40. The van der Waals surface area contributed by atoms with Gasteiger partial charge in [0.05, 0.1) is 31.7 Å². The molecule has 0 aliphatic heterocycles. The van der Waals surface area contributed by atoms with Crippen LogP contribution in [0.1, 0.15) is 21.5 Å². The molecule has 0 radical (unpaired) electrons. The number of aromatic nitrogens is 2. The van der Waals surface area contributed by atoms with E-state index in [1.54, 1.807) is 26.5 Å². The van der Waals surface area contributed by atoms with Gasteiger partial charge in [0.15, 0.2) is 17.3 Å². The van der Waals surface area contributed by atoms with Gasteiger partial charge in [0.2, 0.25) is 5.95 Å². The average Bonchev–Trinajstić information content (AvgIpc) is 3.40. The molecule has 0 fully saturated rings. The van der Waals surface area contributed by atoms with Crippen LogP contribution in [-0.4, -0.2) is 36.5 Å². The van der Waals surface area contributed by atoms with E-state index in [0.29, 0.717) is 36.0 Å². The number of hydrogen-bond acceptors (Lipinski definition) is 7. The number of carbonyl (C=O) groups is 1. The van der Waals surface area contributed by atoms with Crippen molar-refractivity contribution in [3.63, 3.8) is 0 Å². The van der Waals surface area contributed by atoms with Crippen LogP contribution in [0.4, 0.5) is 5.95 Å². The zero-order chi connectivity index (χ0) is 23.0. The Hall–Kier alpha value is -4.13. The zero-order valence-corrected chi connectivity index (χ0v) is 18.6. The lowest BCUT2D eigenvalue weighted by atomic mass is 10.0. The number of nitrogens with zero attached hydrogens (tertiary/aromatic N) is 2. The van der Waals surface area contributed by atoms with E-state index in [1.807, 2.05) is 48.5 Å². The van der Waals surface area contributed by atoms with Crippen LogP contribution in [0.25, 0.3) is 11.3 Å². The summed E-state index contributed by atoms with van der Waals surface area (Å²) < 4.78 is 15.7. The fraction of sp³-hybridized carbons (Fsp3) is 0.192. The van der Waals surface area contributed by atoms with Gasteiger partial charge in [-0.25, -0.2) is 9.97 Å². The van der Waals surface area contributed by atoms with Gasteiger partial charge >= 0.3 is 0 Å². The molecule has 0 atom stereocenters. The maximum atomic E-state index is 12.4. The second-order valence-corrected chi connectivity index (χ2v) is 7.44. The van der Waals surface area contributed by atoms with E-state index >= 15 is 0 Å². The van der Waals surface area contributed by atoms with Crippen LogP contribution in [0.3, 0.4) is 0 Å². The number of nitrogens with one attached hydrogen (secondary N) is 1. The molecule has 7 nitrogen and oxygen atoms in total. The SMILES string of the molecule is COc1ccc(CCNc2nccc(-c3cccc(CC(=O)c4ccoc4)c3)n2)cc1OC. The van der Waals surface area contributed by atoms with Crippen molar-refractivity contribution >= 4 is 11.7 Å². The van der Waals surface area contributed by atoms with E-state index in [4.69, 9.17) is 13.9 Å². The first-order chi connectivity index (χ1) is 16.2. The Morgan fingerprint density at radius 1 is 1.00 bits per heavy atom. The van der Waals surface area contributed by atoms with E-state index in [2.05, 4.69) is 15.3 Å². The van der Waals surface area contributed by atoms with E-state index in [9.17, 15) is 4.79 Å². The second kappa shape index (κ2) is 10.5. The molecule has 1 N–H and O–H groups in total. The van der Waals surface area contributed by atoms with Gasteiger partial charge in [0.1, 0.15) is 6.26 Å². The molecule has 0 amide bonds. The maximum absolute atomic E-state index is 12.4. The molecule has 2 aromatic heterocycles. The Kier molecular flexibility index (Phi) is 6.99. The highest BCUT2D eigenvalue weighted by molar-refractivity contribution is 5.97. The lowest BCUT2D eigenvalue weighted by molar-refractivity contribution is 0.0992. The number of rotatable bonds is 10. The van der Waals surface area contributed by atoms with Gasteiger partial charge in [-0.05, 0) is 47.9 Å². The quantitative estimate of drug-likeness (QED) is 0.351. The predicted octanol–water partition coefficient (Wildman–Crippen LogP) is 4.83. The molecule has 0 unspecified atom stereocenters. The number of ether oxygens (including phenoxy) is 2. The number of anilines is 1. The Morgan fingerprint density at radius 3 is 2.67 bits per heavy atom. The van der Waals surface area contributed by atoms with Crippen LogP contribution < -0.4 is 14.8 Å². The summed E-state index contributed by atoms with van der Waals surface area (Å²) >= 11 is 0. The van der Waals surface area contributed by atoms with Gasteiger partial charge in [-0.15, -0.1) is 0 Å². The molecule has 2 aromatic carbocycles. The van der Waals surface area contributed by atoms with Gasteiger partial charge in [0.25, 0.3) is 0 Å². The van der Waals surface area contributed by atoms with E-state index in [0.717, 1.165) is 28.8 Å². The standard InChI is InChI=1S/C26H25N3O4/c1-31-24-7-6-18(16-25(24)32-2)8-11-27-26-28-12-9-22(29-26)20-5-3-4-19(14-20)15-23(30)21-10-13-33-17-21/h3-7,9-10,12-14,16-17H,8,11,15H2,1-2H3,(H,27,28,29). The molecule has 4 aromatic rings. The number of ketones is 1. The summed E-state index contributed by atoms with van der Waals surface area (Å²) in [5.41, 5.74) is 4.32. The van der Waals surface area contributed by atoms with Crippen molar-refractivity contribution in [1.82, 2.24) is 9.97 Å². The highest BCUT2D eigenvalue weighted by atomic mass is 16.5.